The summed E-state index contributed by atoms with van der Waals surface area (Å²) in [5.41, 5.74) is 2.29. The van der Waals surface area contributed by atoms with Crippen LogP contribution in [0.5, 0.6) is 5.88 Å². The van der Waals surface area contributed by atoms with E-state index in [9.17, 15) is 4.55 Å². The second-order valence-corrected chi connectivity index (χ2v) is 8.09. The second-order valence-electron chi connectivity index (χ2n) is 5.75. The van der Waals surface area contributed by atoms with Gasteiger partial charge in [-0.1, -0.05) is 16.0 Å². The summed E-state index contributed by atoms with van der Waals surface area (Å²) in [6, 6.07) is 5.24. The summed E-state index contributed by atoms with van der Waals surface area (Å²) in [6.45, 7) is 7.33. The van der Waals surface area contributed by atoms with Crippen molar-refractivity contribution in [3.05, 3.63) is 28.9 Å². The van der Waals surface area contributed by atoms with Crippen LogP contribution in [0.2, 0.25) is 5.02 Å². The van der Waals surface area contributed by atoms with Crippen molar-refractivity contribution in [2.45, 2.75) is 32.4 Å². The molecule has 2 aromatic rings. The lowest BCUT2D eigenvalue weighted by Gasteiger charge is -2.18. The van der Waals surface area contributed by atoms with Crippen LogP contribution in [0.3, 0.4) is 0 Å². The van der Waals surface area contributed by atoms with E-state index in [1.165, 1.54) is 7.11 Å². The van der Waals surface area contributed by atoms with Gasteiger partial charge >= 0.3 is 0 Å². The Balaban J connectivity index is 2.55. The maximum absolute atomic E-state index is 12.2. The molecular formula is C15H18ClN3O2S. The monoisotopic (exact) mass is 339 g/mol. The first-order valence-corrected chi connectivity index (χ1v) is 8.20. The van der Waals surface area contributed by atoms with Gasteiger partial charge in [-0.3, -0.25) is 0 Å². The van der Waals surface area contributed by atoms with Gasteiger partial charge in [-0.05, 0) is 45.9 Å². The van der Waals surface area contributed by atoms with Crippen molar-refractivity contribution in [1.82, 2.24) is 9.97 Å². The number of hydrogen-bond donors (Lipinski definition) is 0. The number of benzene rings is 1. The standard InChI is InChI=1S/C15H18ClN3O2S/c1-9(19-22(20)15(2,3)4)13-14(21-5)18-11-7-6-10(16)8-12(11)17-13/h6-8H,1-5H3/b19-9+/t22-/m1/s1. The highest BCUT2D eigenvalue weighted by Crippen LogP contribution is 2.24. The Morgan fingerprint density at radius 2 is 1.95 bits per heavy atom. The van der Waals surface area contributed by atoms with E-state index < -0.39 is 16.1 Å². The molecule has 0 unspecified atom stereocenters. The van der Waals surface area contributed by atoms with Gasteiger partial charge in [0.05, 0.1) is 18.1 Å². The predicted molar refractivity (Wildman–Crippen MR) is 91.2 cm³/mol. The van der Waals surface area contributed by atoms with Crippen LogP contribution in [0.1, 0.15) is 33.4 Å². The van der Waals surface area contributed by atoms with E-state index in [1.54, 1.807) is 25.1 Å². The van der Waals surface area contributed by atoms with Crippen molar-refractivity contribution >= 4 is 39.7 Å². The number of methoxy groups -OCH3 is 1. The highest BCUT2D eigenvalue weighted by molar-refractivity contribution is 7.91. The molecule has 0 aliphatic rings. The molecule has 0 saturated carbocycles. The predicted octanol–water partition coefficient (Wildman–Crippen LogP) is 3.56. The van der Waals surface area contributed by atoms with Crippen molar-refractivity contribution in [3.8, 4) is 5.88 Å². The van der Waals surface area contributed by atoms with Gasteiger partial charge < -0.3 is 9.29 Å². The Morgan fingerprint density at radius 1 is 1.27 bits per heavy atom. The third-order valence-corrected chi connectivity index (χ3v) is 4.60. The molecule has 22 heavy (non-hydrogen) atoms. The average Bonchev–Trinajstić information content (AvgIpc) is 2.44. The number of fused-ring (bicyclic) bond motifs is 1. The van der Waals surface area contributed by atoms with Crippen LogP contribution in [0.4, 0.5) is 0 Å². The molecule has 0 saturated heterocycles. The Labute approximate surface area is 138 Å². The highest BCUT2D eigenvalue weighted by atomic mass is 35.5. The van der Waals surface area contributed by atoms with Gasteiger partial charge in [-0.2, -0.15) is 0 Å². The van der Waals surface area contributed by atoms with E-state index in [2.05, 4.69) is 14.4 Å². The molecule has 0 radical (unpaired) electrons. The Bertz CT molecular complexity index is 729. The molecule has 1 aromatic heterocycles. The smallest absolute Gasteiger partial charge is 0.242 e. The van der Waals surface area contributed by atoms with E-state index in [1.807, 2.05) is 20.8 Å². The van der Waals surface area contributed by atoms with Crippen LogP contribution < -0.4 is 4.74 Å². The fourth-order valence-electron chi connectivity index (χ4n) is 1.69. The quantitative estimate of drug-likeness (QED) is 0.633. The average molecular weight is 340 g/mol. The third kappa shape index (κ3) is 3.69. The van der Waals surface area contributed by atoms with Gasteiger partial charge in [0.15, 0.2) is 5.69 Å². The minimum absolute atomic E-state index is 0.349. The summed E-state index contributed by atoms with van der Waals surface area (Å²) in [7, 11) is 1.52. The fraction of sp³-hybridized carbons (Fsp3) is 0.400. The first-order valence-electron chi connectivity index (χ1n) is 6.71. The Hall–Kier alpha value is -1.37. The molecule has 0 aliphatic carbocycles. The van der Waals surface area contributed by atoms with Gasteiger partial charge in [-0.25, -0.2) is 9.97 Å². The zero-order chi connectivity index (χ0) is 16.5. The number of aromatic nitrogens is 2. The van der Waals surface area contributed by atoms with Gasteiger partial charge in [0.25, 0.3) is 0 Å². The lowest BCUT2D eigenvalue weighted by Crippen LogP contribution is -2.27. The summed E-state index contributed by atoms with van der Waals surface area (Å²) in [4.78, 5) is 8.91. The first-order chi connectivity index (χ1) is 10.2. The van der Waals surface area contributed by atoms with Crippen LogP contribution in [-0.2, 0) is 11.4 Å². The molecule has 118 valence electrons. The molecule has 1 heterocycles. The fourth-order valence-corrected chi connectivity index (χ4v) is 2.47. The van der Waals surface area contributed by atoms with E-state index in [0.29, 0.717) is 33.3 Å². The van der Waals surface area contributed by atoms with Crippen molar-refractivity contribution < 1.29 is 9.29 Å². The summed E-state index contributed by atoms with van der Waals surface area (Å²) < 4.78 is 21.3. The van der Waals surface area contributed by atoms with E-state index in [-0.39, 0.29) is 0 Å². The van der Waals surface area contributed by atoms with Crippen molar-refractivity contribution in [2.24, 2.45) is 4.40 Å². The van der Waals surface area contributed by atoms with E-state index >= 15 is 0 Å². The first kappa shape index (κ1) is 17.0. The third-order valence-electron chi connectivity index (χ3n) is 2.87. The minimum Gasteiger partial charge on any atom is -0.591 e. The molecular weight excluding hydrogens is 322 g/mol. The molecule has 0 bridgehead atoms. The van der Waals surface area contributed by atoms with E-state index in [0.717, 1.165) is 0 Å². The second kappa shape index (κ2) is 6.40. The summed E-state index contributed by atoms with van der Waals surface area (Å²) >= 11 is 4.61. The highest BCUT2D eigenvalue weighted by Gasteiger charge is 2.27. The van der Waals surface area contributed by atoms with Gasteiger partial charge in [-0.15, -0.1) is 0 Å². The number of hydrogen-bond acceptors (Lipinski definition) is 5. The SMILES string of the molecule is COc1nc2ccc(Cl)cc2nc1/C(C)=N/[S@+]([O-])C(C)(C)C. The van der Waals surface area contributed by atoms with Crippen LogP contribution >= 0.6 is 11.6 Å². The zero-order valence-corrected chi connectivity index (χ0v) is 14.7. The number of nitrogens with zero attached hydrogens (tertiary/aromatic N) is 3. The number of ether oxygens (including phenoxy) is 1. The molecule has 0 N–H and O–H groups in total. The minimum atomic E-state index is -1.38. The van der Waals surface area contributed by atoms with Crippen molar-refractivity contribution in [1.29, 1.82) is 0 Å². The molecule has 0 aliphatic heterocycles. The normalized spacial score (nSPS) is 14.2. The maximum Gasteiger partial charge on any atom is 0.242 e. The lowest BCUT2D eigenvalue weighted by molar-refractivity contribution is 0.396. The molecule has 0 spiro atoms. The van der Waals surface area contributed by atoms with Gasteiger partial charge in [0.1, 0.15) is 21.8 Å². The molecule has 0 amide bonds. The Kier molecular flexibility index (Phi) is 4.94. The molecule has 2 rings (SSSR count). The molecule has 5 nitrogen and oxygen atoms in total. The van der Waals surface area contributed by atoms with Crippen LogP contribution in [0.15, 0.2) is 22.6 Å². The lowest BCUT2D eigenvalue weighted by atomic mass is 10.2. The largest absolute Gasteiger partial charge is 0.591 e. The molecule has 1 atom stereocenters. The summed E-state index contributed by atoms with van der Waals surface area (Å²) in [5.74, 6) is 0.349. The van der Waals surface area contributed by atoms with Gasteiger partial charge in [0, 0.05) is 5.02 Å². The molecule has 0 fully saturated rings. The van der Waals surface area contributed by atoms with Crippen molar-refractivity contribution in [3.63, 3.8) is 0 Å². The van der Waals surface area contributed by atoms with E-state index in [4.69, 9.17) is 16.3 Å². The Morgan fingerprint density at radius 3 is 2.55 bits per heavy atom. The molecule has 1 aromatic carbocycles. The number of halogens is 1. The number of rotatable bonds is 3. The topological polar surface area (TPSA) is 70.4 Å². The molecule has 7 heteroatoms. The van der Waals surface area contributed by atoms with Crippen molar-refractivity contribution in [2.75, 3.05) is 7.11 Å². The van der Waals surface area contributed by atoms with Crippen LogP contribution in [0, 0.1) is 0 Å². The van der Waals surface area contributed by atoms with Gasteiger partial charge in [0.2, 0.25) is 5.88 Å². The van der Waals surface area contributed by atoms with Crippen LogP contribution in [0.25, 0.3) is 11.0 Å². The maximum atomic E-state index is 12.2. The van der Waals surface area contributed by atoms with Crippen LogP contribution in [-0.4, -0.2) is 32.1 Å². The summed E-state index contributed by atoms with van der Waals surface area (Å²) in [6.07, 6.45) is 0. The summed E-state index contributed by atoms with van der Waals surface area (Å²) in [5, 5.41) is 0.575. The zero-order valence-electron chi connectivity index (χ0n) is 13.2.